The van der Waals surface area contributed by atoms with Gasteiger partial charge in [0.25, 0.3) is 0 Å². The van der Waals surface area contributed by atoms with E-state index in [1.54, 1.807) is 18.2 Å². The van der Waals surface area contributed by atoms with Crippen molar-refractivity contribution in [3.63, 3.8) is 0 Å². The van der Waals surface area contributed by atoms with Gasteiger partial charge in [0.15, 0.2) is 5.69 Å². The number of carbonyl (C=O) groups is 1. The summed E-state index contributed by atoms with van der Waals surface area (Å²) in [4.78, 5) is 15.3. The quantitative estimate of drug-likeness (QED) is 0.895. The van der Waals surface area contributed by atoms with E-state index in [4.69, 9.17) is 4.74 Å². The van der Waals surface area contributed by atoms with E-state index in [1.807, 2.05) is 0 Å². The Morgan fingerprint density at radius 1 is 1.17 bits per heavy atom. The summed E-state index contributed by atoms with van der Waals surface area (Å²) in [7, 11) is -3.69. The van der Waals surface area contributed by atoms with E-state index in [9.17, 15) is 18.3 Å². The van der Waals surface area contributed by atoms with E-state index in [0.717, 1.165) is 0 Å². The third-order valence-electron chi connectivity index (χ3n) is 4.79. The van der Waals surface area contributed by atoms with Gasteiger partial charge in [-0.1, -0.05) is 12.1 Å². The molecule has 2 fully saturated rings. The number of nitrogens with zero attached hydrogens (tertiary/aromatic N) is 2. The lowest BCUT2D eigenvalue weighted by Crippen LogP contribution is -2.30. The van der Waals surface area contributed by atoms with Crippen LogP contribution in [0.3, 0.4) is 0 Å². The van der Waals surface area contributed by atoms with Crippen molar-refractivity contribution in [2.45, 2.75) is 4.90 Å². The van der Waals surface area contributed by atoms with E-state index >= 15 is 0 Å². The molecular weight excluding hydrogens is 332 g/mol. The Morgan fingerprint density at radius 3 is 2.54 bits per heavy atom. The van der Waals surface area contributed by atoms with E-state index in [-0.39, 0.29) is 22.4 Å². The van der Waals surface area contributed by atoms with Crippen molar-refractivity contribution in [3.8, 4) is 0 Å². The highest BCUT2D eigenvalue weighted by Gasteiger charge is 2.42. The van der Waals surface area contributed by atoms with Crippen LogP contribution in [-0.4, -0.2) is 55.1 Å². The maximum absolute atomic E-state index is 13.1. The third-order valence-corrected chi connectivity index (χ3v) is 6.68. The molecule has 0 saturated carbocycles. The van der Waals surface area contributed by atoms with Gasteiger partial charge in [-0.15, -0.1) is 0 Å². The number of hydrogen-bond acceptors (Lipinski definition) is 5. The second-order valence-corrected chi connectivity index (χ2v) is 8.10. The van der Waals surface area contributed by atoms with Crippen molar-refractivity contribution in [3.05, 3.63) is 36.2 Å². The monoisotopic (exact) mass is 348 g/mol. The number of aromatic carboxylic acids is 1. The zero-order chi connectivity index (χ0) is 16.9. The van der Waals surface area contributed by atoms with Gasteiger partial charge in [0.1, 0.15) is 0 Å². The van der Waals surface area contributed by atoms with Gasteiger partial charge in [0, 0.05) is 41.9 Å². The number of pyridine rings is 1. The van der Waals surface area contributed by atoms with Crippen LogP contribution < -0.4 is 0 Å². The van der Waals surface area contributed by atoms with E-state index in [0.29, 0.717) is 37.1 Å². The van der Waals surface area contributed by atoms with Gasteiger partial charge >= 0.3 is 5.97 Å². The van der Waals surface area contributed by atoms with Crippen LogP contribution in [0, 0.1) is 11.8 Å². The molecule has 0 amide bonds. The lowest BCUT2D eigenvalue weighted by Gasteiger charge is -2.18. The van der Waals surface area contributed by atoms with Crippen LogP contribution in [0.4, 0.5) is 0 Å². The summed E-state index contributed by atoms with van der Waals surface area (Å²) in [5.41, 5.74) is -0.142. The number of carboxylic acids is 1. The van der Waals surface area contributed by atoms with Crippen molar-refractivity contribution in [1.82, 2.24) is 9.29 Å². The molecule has 0 bridgehead atoms. The molecule has 1 aromatic carbocycles. The molecule has 2 aromatic rings. The molecule has 4 rings (SSSR count). The van der Waals surface area contributed by atoms with Crippen LogP contribution in [0.5, 0.6) is 0 Å². The molecule has 2 aliphatic heterocycles. The zero-order valence-corrected chi connectivity index (χ0v) is 13.6. The van der Waals surface area contributed by atoms with Crippen LogP contribution >= 0.6 is 0 Å². The topological polar surface area (TPSA) is 96.8 Å². The molecule has 7 nitrogen and oxygen atoms in total. The van der Waals surface area contributed by atoms with Crippen LogP contribution in [0.2, 0.25) is 0 Å². The number of carboxylic acid groups (broad SMARTS) is 1. The number of ether oxygens (including phenoxy) is 1. The lowest BCUT2D eigenvalue weighted by molar-refractivity contribution is 0.0693. The molecule has 3 heterocycles. The number of rotatable bonds is 3. The fourth-order valence-electron chi connectivity index (χ4n) is 3.55. The summed E-state index contributed by atoms with van der Waals surface area (Å²) < 4.78 is 33.0. The lowest BCUT2D eigenvalue weighted by atomic mass is 10.0. The molecule has 0 radical (unpaired) electrons. The molecule has 1 N–H and O–H groups in total. The largest absolute Gasteiger partial charge is 0.476 e. The Hall–Kier alpha value is -2.03. The molecule has 24 heavy (non-hydrogen) atoms. The van der Waals surface area contributed by atoms with Gasteiger partial charge in [-0.05, 0) is 12.1 Å². The van der Waals surface area contributed by atoms with Crippen molar-refractivity contribution in [2.75, 3.05) is 26.3 Å². The summed E-state index contributed by atoms with van der Waals surface area (Å²) in [6.07, 6.45) is 1.33. The predicted octanol–water partition coefficient (Wildman–Crippen LogP) is 1.20. The number of fused-ring (bicyclic) bond motifs is 2. The summed E-state index contributed by atoms with van der Waals surface area (Å²) in [6.45, 7) is 2.08. The molecule has 1 aromatic heterocycles. The Balaban J connectivity index is 1.81. The second-order valence-electron chi connectivity index (χ2n) is 6.20. The average molecular weight is 348 g/mol. The van der Waals surface area contributed by atoms with Crippen molar-refractivity contribution in [2.24, 2.45) is 11.8 Å². The molecule has 126 valence electrons. The minimum Gasteiger partial charge on any atom is -0.476 e. The van der Waals surface area contributed by atoms with Crippen LogP contribution in [-0.2, 0) is 14.8 Å². The second kappa shape index (κ2) is 5.51. The van der Waals surface area contributed by atoms with Gasteiger partial charge in [0.2, 0.25) is 10.0 Å². The standard InChI is InChI=1S/C16H16N2O5S/c19-16(20)15-13-2-1-3-14(12(13)4-5-17-15)24(21,22)18-6-10-8-23-9-11(10)7-18/h1-5,10-11H,6-9H2,(H,19,20)/t10-,11+. The third kappa shape index (κ3) is 2.29. The van der Waals surface area contributed by atoms with Gasteiger partial charge < -0.3 is 9.84 Å². The maximum Gasteiger partial charge on any atom is 0.355 e. The number of aromatic nitrogens is 1. The Bertz CT molecular complexity index is 915. The van der Waals surface area contributed by atoms with E-state index in [1.165, 1.54) is 16.6 Å². The Labute approximate surface area is 138 Å². The van der Waals surface area contributed by atoms with Crippen molar-refractivity contribution < 1.29 is 23.1 Å². The molecule has 0 unspecified atom stereocenters. The molecule has 2 atom stereocenters. The number of hydrogen-bond donors (Lipinski definition) is 1. The predicted molar refractivity (Wildman–Crippen MR) is 85.3 cm³/mol. The molecule has 8 heteroatoms. The highest BCUT2D eigenvalue weighted by molar-refractivity contribution is 7.89. The summed E-state index contributed by atoms with van der Waals surface area (Å²) in [5.74, 6) is -0.694. The van der Waals surface area contributed by atoms with Crippen LogP contribution in [0.15, 0.2) is 35.4 Å². The first-order valence-corrected chi connectivity index (χ1v) is 9.11. The van der Waals surface area contributed by atoms with Gasteiger partial charge in [0.05, 0.1) is 18.1 Å². The fraction of sp³-hybridized carbons (Fsp3) is 0.375. The Kier molecular flexibility index (Phi) is 3.56. The molecule has 2 saturated heterocycles. The SMILES string of the molecule is O=C(O)c1nccc2c(S(=O)(=O)N3C[C@H]4COC[C@H]4C3)cccc12. The minimum atomic E-state index is -3.69. The van der Waals surface area contributed by atoms with E-state index in [2.05, 4.69) is 4.98 Å². The number of sulfonamides is 1. The average Bonchev–Trinajstić information content (AvgIpc) is 3.15. The minimum absolute atomic E-state index is 0.130. The maximum atomic E-state index is 13.1. The first-order chi connectivity index (χ1) is 11.5. The molecule has 0 aliphatic carbocycles. The molecule has 0 spiro atoms. The number of benzene rings is 1. The summed E-state index contributed by atoms with van der Waals surface area (Å²) >= 11 is 0. The smallest absolute Gasteiger partial charge is 0.355 e. The first kappa shape index (κ1) is 15.5. The van der Waals surface area contributed by atoms with Crippen molar-refractivity contribution >= 4 is 26.8 Å². The van der Waals surface area contributed by atoms with Crippen molar-refractivity contribution in [1.29, 1.82) is 0 Å². The highest BCUT2D eigenvalue weighted by Crippen LogP contribution is 2.34. The van der Waals surface area contributed by atoms with Crippen LogP contribution in [0.1, 0.15) is 10.5 Å². The Morgan fingerprint density at radius 2 is 1.88 bits per heavy atom. The van der Waals surface area contributed by atoms with Gasteiger partial charge in [-0.3, -0.25) is 0 Å². The molecule has 2 aliphatic rings. The van der Waals surface area contributed by atoms with Gasteiger partial charge in [-0.25, -0.2) is 18.2 Å². The normalized spacial score (nSPS) is 24.3. The van der Waals surface area contributed by atoms with Crippen LogP contribution in [0.25, 0.3) is 10.8 Å². The van der Waals surface area contributed by atoms with Gasteiger partial charge in [-0.2, -0.15) is 4.31 Å². The summed E-state index contributed by atoms with van der Waals surface area (Å²) in [5, 5.41) is 9.98. The molecular formula is C16H16N2O5S. The van der Waals surface area contributed by atoms with E-state index < -0.39 is 16.0 Å². The first-order valence-electron chi connectivity index (χ1n) is 7.67. The fourth-order valence-corrected chi connectivity index (χ4v) is 5.31. The zero-order valence-electron chi connectivity index (χ0n) is 12.8. The highest BCUT2D eigenvalue weighted by atomic mass is 32.2. The summed E-state index contributed by atoms with van der Waals surface area (Å²) in [6, 6.07) is 6.21.